The van der Waals surface area contributed by atoms with E-state index in [2.05, 4.69) is 290 Å². The van der Waals surface area contributed by atoms with Gasteiger partial charge in [-0.05, 0) is 158 Å². The molecule has 0 saturated carbocycles. The van der Waals surface area contributed by atoms with Gasteiger partial charge in [0.1, 0.15) is 0 Å². The van der Waals surface area contributed by atoms with Crippen molar-refractivity contribution in [3.8, 4) is 44.5 Å². The lowest BCUT2D eigenvalue weighted by Gasteiger charge is -2.34. The summed E-state index contributed by atoms with van der Waals surface area (Å²) in [5, 5.41) is 9.94. The maximum absolute atomic E-state index is 2.43. The molecular formula is C71H47N. The quantitative estimate of drug-likeness (QED) is 0.147. The van der Waals surface area contributed by atoms with Gasteiger partial charge >= 0.3 is 0 Å². The van der Waals surface area contributed by atoms with Crippen LogP contribution in [-0.2, 0) is 5.41 Å². The van der Waals surface area contributed by atoms with Crippen LogP contribution >= 0.6 is 0 Å². The van der Waals surface area contributed by atoms with Crippen molar-refractivity contribution < 1.29 is 0 Å². The predicted molar refractivity (Wildman–Crippen MR) is 305 cm³/mol. The fourth-order valence-electron chi connectivity index (χ4n) is 12.0. The molecule has 0 aliphatic heterocycles. The molecule has 0 spiro atoms. The minimum absolute atomic E-state index is 0.572. The first-order valence-corrected chi connectivity index (χ1v) is 25.0. The third kappa shape index (κ3) is 6.70. The molecule has 1 aliphatic rings. The van der Waals surface area contributed by atoms with Gasteiger partial charge < -0.3 is 4.90 Å². The summed E-state index contributed by atoms with van der Waals surface area (Å²) in [6, 6.07) is 106. The molecule has 0 radical (unpaired) electrons. The van der Waals surface area contributed by atoms with Crippen LogP contribution in [0.1, 0.15) is 22.3 Å². The molecule has 0 saturated heterocycles. The van der Waals surface area contributed by atoms with Crippen LogP contribution in [0.25, 0.3) is 87.6 Å². The average Bonchev–Trinajstić information content (AvgIpc) is 3.77. The van der Waals surface area contributed by atoms with Gasteiger partial charge in [0.15, 0.2) is 0 Å². The molecular weight excluding hydrogens is 867 g/mol. The standard InChI is InChI=1S/C71H47N/c1-3-19-54-45-57(39-33-48(54)15-1)71(58-40-34-49-16-2-4-20-55(49)46-58)68-31-10-9-27-67(68)70-66(30-14-32-69(70)71)56-23-11-24-61(47-56)72(59-41-35-52(36-42-59)64-28-12-21-50-17-5-7-25-62(50)64)60-43-37-53(38-44-60)65-29-13-22-51-18-6-8-26-63(51)65/h1-47H. The molecule has 0 atom stereocenters. The van der Waals surface area contributed by atoms with E-state index in [0.717, 1.165) is 22.6 Å². The van der Waals surface area contributed by atoms with Crippen LogP contribution < -0.4 is 4.90 Å². The Hall–Kier alpha value is -9.30. The summed E-state index contributed by atoms with van der Waals surface area (Å²) in [7, 11) is 0. The monoisotopic (exact) mass is 913 g/mol. The van der Waals surface area contributed by atoms with Crippen molar-refractivity contribution in [2.75, 3.05) is 4.90 Å². The minimum Gasteiger partial charge on any atom is -0.310 e. The van der Waals surface area contributed by atoms with Gasteiger partial charge in [-0.1, -0.05) is 237 Å². The Morgan fingerprint density at radius 1 is 0.236 bits per heavy atom. The van der Waals surface area contributed by atoms with Gasteiger partial charge in [0, 0.05) is 17.1 Å². The lowest BCUT2D eigenvalue weighted by atomic mass is 9.67. The van der Waals surface area contributed by atoms with Crippen molar-refractivity contribution in [3.63, 3.8) is 0 Å². The summed E-state index contributed by atoms with van der Waals surface area (Å²) in [6.07, 6.45) is 0. The Bertz CT molecular complexity index is 4010. The highest BCUT2D eigenvalue weighted by atomic mass is 15.1. The van der Waals surface area contributed by atoms with Gasteiger partial charge in [-0.25, -0.2) is 0 Å². The Balaban J connectivity index is 0.946. The van der Waals surface area contributed by atoms with Crippen molar-refractivity contribution in [2.45, 2.75) is 5.41 Å². The summed E-state index contributed by atoms with van der Waals surface area (Å²) < 4.78 is 0. The van der Waals surface area contributed by atoms with E-state index >= 15 is 0 Å². The summed E-state index contributed by atoms with van der Waals surface area (Å²) in [4.78, 5) is 2.41. The highest BCUT2D eigenvalue weighted by Crippen LogP contribution is 2.59. The maximum Gasteiger partial charge on any atom is 0.0714 e. The van der Waals surface area contributed by atoms with E-state index in [1.165, 1.54) is 104 Å². The Labute approximate surface area is 420 Å². The third-order valence-electron chi connectivity index (χ3n) is 15.3. The second kappa shape index (κ2) is 17.0. The normalized spacial score (nSPS) is 12.6. The molecule has 72 heavy (non-hydrogen) atoms. The number of anilines is 3. The molecule has 1 nitrogen and oxygen atoms in total. The van der Waals surface area contributed by atoms with Gasteiger partial charge in [-0.2, -0.15) is 0 Å². The van der Waals surface area contributed by atoms with Gasteiger partial charge in [0.2, 0.25) is 0 Å². The maximum atomic E-state index is 2.43. The van der Waals surface area contributed by atoms with E-state index in [1.807, 2.05) is 0 Å². The van der Waals surface area contributed by atoms with Crippen LogP contribution in [-0.4, -0.2) is 0 Å². The summed E-state index contributed by atoms with van der Waals surface area (Å²) in [6.45, 7) is 0. The smallest absolute Gasteiger partial charge is 0.0714 e. The molecule has 0 N–H and O–H groups in total. The molecule has 1 aliphatic carbocycles. The van der Waals surface area contributed by atoms with Crippen LogP contribution in [0.15, 0.2) is 285 Å². The van der Waals surface area contributed by atoms with Crippen LogP contribution in [0.2, 0.25) is 0 Å². The molecule has 0 unspecified atom stereocenters. The van der Waals surface area contributed by atoms with Crippen molar-refractivity contribution in [2.24, 2.45) is 0 Å². The predicted octanol–water partition coefficient (Wildman–Crippen LogP) is 19.1. The van der Waals surface area contributed by atoms with Crippen LogP contribution in [0.5, 0.6) is 0 Å². The molecule has 0 bridgehead atoms. The van der Waals surface area contributed by atoms with Gasteiger partial charge in [0.05, 0.1) is 5.41 Å². The number of benzene rings is 13. The van der Waals surface area contributed by atoms with E-state index in [1.54, 1.807) is 0 Å². The van der Waals surface area contributed by atoms with E-state index in [4.69, 9.17) is 0 Å². The second-order valence-corrected chi connectivity index (χ2v) is 19.2. The molecule has 1 heteroatoms. The van der Waals surface area contributed by atoms with Crippen molar-refractivity contribution in [1.82, 2.24) is 0 Å². The van der Waals surface area contributed by atoms with E-state index in [-0.39, 0.29) is 0 Å². The van der Waals surface area contributed by atoms with Crippen LogP contribution in [0.4, 0.5) is 17.1 Å². The van der Waals surface area contributed by atoms with Gasteiger partial charge in [-0.3, -0.25) is 0 Å². The largest absolute Gasteiger partial charge is 0.310 e. The number of rotatable bonds is 8. The molecule has 13 aromatic carbocycles. The Morgan fingerprint density at radius 2 is 0.667 bits per heavy atom. The second-order valence-electron chi connectivity index (χ2n) is 19.2. The molecule has 13 aromatic rings. The zero-order valence-corrected chi connectivity index (χ0v) is 39.6. The number of fused-ring (bicyclic) bond motifs is 7. The molecule has 0 fully saturated rings. The highest BCUT2D eigenvalue weighted by Gasteiger charge is 2.47. The minimum atomic E-state index is -0.572. The van der Waals surface area contributed by atoms with E-state index in [9.17, 15) is 0 Å². The van der Waals surface area contributed by atoms with Crippen molar-refractivity contribution >= 4 is 60.2 Å². The van der Waals surface area contributed by atoms with Crippen LogP contribution in [0, 0.1) is 0 Å². The highest BCUT2D eigenvalue weighted by molar-refractivity contribution is 6.00. The molecule has 14 rings (SSSR count). The lowest BCUT2D eigenvalue weighted by molar-refractivity contribution is 0.771. The number of nitrogens with zero attached hydrogens (tertiary/aromatic N) is 1. The molecule has 0 aromatic heterocycles. The Kier molecular flexibility index (Phi) is 9.82. The molecule has 336 valence electrons. The zero-order chi connectivity index (χ0) is 47.6. The van der Waals surface area contributed by atoms with Crippen molar-refractivity contribution in [3.05, 3.63) is 307 Å². The summed E-state index contributed by atoms with van der Waals surface area (Å²) in [5.74, 6) is 0. The SMILES string of the molecule is c1cc(-c2cccc3c2-c2ccccc2C3(c2ccc3ccccc3c2)c2ccc3ccccc3c2)cc(N(c2ccc(-c3cccc4ccccc34)cc2)c2ccc(-c3cccc4ccccc34)cc2)c1. The molecule has 0 amide bonds. The first kappa shape index (κ1) is 41.7. The summed E-state index contributed by atoms with van der Waals surface area (Å²) >= 11 is 0. The topological polar surface area (TPSA) is 3.24 Å². The average molecular weight is 914 g/mol. The molecule has 0 heterocycles. The van der Waals surface area contributed by atoms with Crippen LogP contribution in [0.3, 0.4) is 0 Å². The van der Waals surface area contributed by atoms with Crippen molar-refractivity contribution in [1.29, 1.82) is 0 Å². The van der Waals surface area contributed by atoms with E-state index in [0.29, 0.717) is 0 Å². The fraction of sp³-hybridized carbons (Fsp3) is 0.0141. The first-order valence-electron chi connectivity index (χ1n) is 25.0. The van der Waals surface area contributed by atoms with E-state index < -0.39 is 5.41 Å². The van der Waals surface area contributed by atoms with Gasteiger partial charge in [0.25, 0.3) is 0 Å². The fourth-order valence-corrected chi connectivity index (χ4v) is 12.0. The Morgan fingerprint density at radius 3 is 1.25 bits per heavy atom. The third-order valence-corrected chi connectivity index (χ3v) is 15.3. The number of hydrogen-bond donors (Lipinski definition) is 0. The summed E-state index contributed by atoms with van der Waals surface area (Å²) in [5.41, 5.74) is 17.6. The lowest BCUT2D eigenvalue weighted by Crippen LogP contribution is -2.28. The number of hydrogen-bond acceptors (Lipinski definition) is 1. The van der Waals surface area contributed by atoms with Gasteiger partial charge in [-0.15, -0.1) is 0 Å². The first-order chi connectivity index (χ1) is 35.7. The zero-order valence-electron chi connectivity index (χ0n) is 39.6.